The van der Waals surface area contributed by atoms with Crippen LogP contribution in [0.25, 0.3) is 0 Å². The summed E-state index contributed by atoms with van der Waals surface area (Å²) in [5, 5.41) is 0. The molecule has 1 amide bonds. The Bertz CT molecular complexity index is 201. The molecule has 1 unspecified atom stereocenters. The molecule has 1 saturated heterocycles. The highest BCUT2D eigenvalue weighted by Crippen LogP contribution is 2.06. The van der Waals surface area contributed by atoms with Gasteiger partial charge in [-0.05, 0) is 20.4 Å². The molecule has 1 aliphatic heterocycles. The number of ether oxygens (including phenoxy) is 1. The second-order valence-corrected chi connectivity index (χ2v) is 4.27. The quantitative estimate of drug-likeness (QED) is 0.714. The van der Waals surface area contributed by atoms with Crippen molar-refractivity contribution < 1.29 is 9.53 Å². The van der Waals surface area contributed by atoms with Gasteiger partial charge in [0.2, 0.25) is 0 Å². The van der Waals surface area contributed by atoms with Crippen LogP contribution in [0, 0.1) is 0 Å². The molecule has 0 saturated carbocycles. The number of hydrogen-bond acceptors (Lipinski definition) is 3. The normalized spacial score (nSPS) is 20.1. The number of amides is 1. The summed E-state index contributed by atoms with van der Waals surface area (Å²) in [7, 11) is 2.07. The Balaban J connectivity index is 2.27. The molecule has 4 heteroatoms. The highest BCUT2D eigenvalue weighted by atomic mass is 16.6. The smallest absolute Gasteiger partial charge is 0.410 e. The zero-order chi connectivity index (χ0) is 11.3. The molecule has 1 rings (SSSR count). The number of hydrogen-bond donors (Lipinski definition) is 0. The van der Waals surface area contributed by atoms with Gasteiger partial charge in [0.05, 0.1) is 0 Å². The molecule has 1 fully saturated rings. The van der Waals surface area contributed by atoms with Gasteiger partial charge < -0.3 is 14.5 Å². The first kappa shape index (κ1) is 12.3. The lowest BCUT2D eigenvalue weighted by Gasteiger charge is -2.32. The molecule has 0 N–H and O–H groups in total. The van der Waals surface area contributed by atoms with E-state index < -0.39 is 0 Å². The van der Waals surface area contributed by atoms with Gasteiger partial charge in [-0.2, -0.15) is 0 Å². The third kappa shape index (κ3) is 4.08. The highest BCUT2D eigenvalue weighted by Gasteiger charge is 2.21. The molecule has 1 aliphatic rings. The predicted octanol–water partition coefficient (Wildman–Crippen LogP) is 1.56. The molecule has 0 aromatic carbocycles. The van der Waals surface area contributed by atoms with Crippen LogP contribution in [0.1, 0.15) is 26.7 Å². The first-order valence-electron chi connectivity index (χ1n) is 5.77. The van der Waals surface area contributed by atoms with E-state index >= 15 is 0 Å². The summed E-state index contributed by atoms with van der Waals surface area (Å²) in [5.41, 5.74) is 0. The molecule has 1 atom stereocenters. The molecule has 15 heavy (non-hydrogen) atoms. The van der Waals surface area contributed by atoms with Gasteiger partial charge in [0, 0.05) is 26.2 Å². The molecule has 0 aromatic heterocycles. The molecule has 1 heterocycles. The van der Waals surface area contributed by atoms with Crippen LogP contribution in [-0.4, -0.2) is 55.2 Å². The number of carbonyl (C=O) groups excluding carboxylic acids is 1. The van der Waals surface area contributed by atoms with Crippen molar-refractivity contribution in [2.75, 3.05) is 33.2 Å². The molecule has 0 radical (unpaired) electrons. The Morgan fingerprint density at radius 2 is 1.93 bits per heavy atom. The molecule has 0 bridgehead atoms. The minimum Gasteiger partial charge on any atom is -0.446 e. The summed E-state index contributed by atoms with van der Waals surface area (Å²) in [6, 6.07) is 0. The van der Waals surface area contributed by atoms with Crippen LogP contribution in [0.4, 0.5) is 4.79 Å². The maximum Gasteiger partial charge on any atom is 0.410 e. The van der Waals surface area contributed by atoms with Gasteiger partial charge in [-0.3, -0.25) is 0 Å². The van der Waals surface area contributed by atoms with Crippen molar-refractivity contribution in [2.24, 2.45) is 0 Å². The fourth-order valence-electron chi connectivity index (χ4n) is 1.70. The molecule has 0 spiro atoms. The van der Waals surface area contributed by atoms with E-state index in [2.05, 4.69) is 18.9 Å². The van der Waals surface area contributed by atoms with E-state index in [-0.39, 0.29) is 12.2 Å². The van der Waals surface area contributed by atoms with Crippen LogP contribution in [0.3, 0.4) is 0 Å². The monoisotopic (exact) mass is 214 g/mol. The maximum absolute atomic E-state index is 11.7. The lowest BCUT2D eigenvalue weighted by atomic mass is 10.2. The van der Waals surface area contributed by atoms with Crippen molar-refractivity contribution in [2.45, 2.75) is 32.8 Å². The van der Waals surface area contributed by atoms with E-state index in [1.54, 1.807) is 4.90 Å². The van der Waals surface area contributed by atoms with Crippen LogP contribution in [0.5, 0.6) is 0 Å². The molecular weight excluding hydrogens is 192 g/mol. The van der Waals surface area contributed by atoms with E-state index in [0.29, 0.717) is 0 Å². The minimum atomic E-state index is -0.149. The van der Waals surface area contributed by atoms with E-state index in [1.165, 1.54) is 0 Å². The van der Waals surface area contributed by atoms with Crippen molar-refractivity contribution in [3.05, 3.63) is 0 Å². The van der Waals surface area contributed by atoms with Gasteiger partial charge in [0.1, 0.15) is 6.10 Å². The Kier molecular flexibility index (Phi) is 4.88. The van der Waals surface area contributed by atoms with Crippen molar-refractivity contribution in [3.8, 4) is 0 Å². The van der Waals surface area contributed by atoms with Gasteiger partial charge >= 0.3 is 6.09 Å². The molecule has 4 nitrogen and oxygen atoms in total. The van der Waals surface area contributed by atoms with Gasteiger partial charge in [0.25, 0.3) is 0 Å². The average molecular weight is 214 g/mol. The Hall–Kier alpha value is -0.770. The Morgan fingerprint density at radius 1 is 1.33 bits per heavy atom. The van der Waals surface area contributed by atoms with Crippen molar-refractivity contribution in [1.82, 2.24) is 9.80 Å². The largest absolute Gasteiger partial charge is 0.446 e. The topological polar surface area (TPSA) is 32.8 Å². The van der Waals surface area contributed by atoms with E-state index in [1.807, 2.05) is 6.92 Å². The standard InChI is InChI=1S/C11H22N2O2/c1-4-5-10(2)15-11(14)13-8-6-12(3)7-9-13/h10H,4-9H2,1-3H3. The summed E-state index contributed by atoms with van der Waals surface area (Å²) in [5.74, 6) is 0. The number of carbonyl (C=O) groups is 1. The van der Waals surface area contributed by atoms with E-state index in [0.717, 1.165) is 39.0 Å². The second kappa shape index (κ2) is 5.95. The number of likely N-dealkylation sites (N-methyl/N-ethyl adjacent to an activating group) is 1. The molecule has 0 aromatic rings. The van der Waals surface area contributed by atoms with Gasteiger partial charge in [-0.1, -0.05) is 13.3 Å². The van der Waals surface area contributed by atoms with Crippen LogP contribution in [-0.2, 0) is 4.74 Å². The molecular formula is C11H22N2O2. The molecule has 0 aliphatic carbocycles. The molecule has 88 valence electrons. The highest BCUT2D eigenvalue weighted by molar-refractivity contribution is 5.67. The van der Waals surface area contributed by atoms with Crippen LogP contribution < -0.4 is 0 Å². The lowest BCUT2D eigenvalue weighted by Crippen LogP contribution is -2.47. The second-order valence-electron chi connectivity index (χ2n) is 4.27. The fraction of sp³-hybridized carbons (Fsp3) is 0.909. The Morgan fingerprint density at radius 3 is 2.47 bits per heavy atom. The SMILES string of the molecule is CCCC(C)OC(=O)N1CCN(C)CC1. The lowest BCUT2D eigenvalue weighted by molar-refractivity contribution is 0.0525. The summed E-state index contributed by atoms with van der Waals surface area (Å²) in [6.45, 7) is 7.51. The van der Waals surface area contributed by atoms with Crippen molar-refractivity contribution >= 4 is 6.09 Å². The predicted molar refractivity (Wildman–Crippen MR) is 59.9 cm³/mol. The maximum atomic E-state index is 11.7. The fourth-order valence-corrected chi connectivity index (χ4v) is 1.70. The summed E-state index contributed by atoms with van der Waals surface area (Å²) in [6.07, 6.45) is 1.89. The van der Waals surface area contributed by atoms with Gasteiger partial charge in [-0.25, -0.2) is 4.79 Å². The number of piperazine rings is 1. The van der Waals surface area contributed by atoms with E-state index in [4.69, 9.17) is 4.74 Å². The first-order chi connectivity index (χ1) is 7.13. The van der Waals surface area contributed by atoms with Crippen LogP contribution in [0.2, 0.25) is 0 Å². The summed E-state index contributed by atoms with van der Waals surface area (Å²) < 4.78 is 5.33. The van der Waals surface area contributed by atoms with Crippen molar-refractivity contribution in [1.29, 1.82) is 0 Å². The zero-order valence-electron chi connectivity index (χ0n) is 10.0. The van der Waals surface area contributed by atoms with Gasteiger partial charge in [0.15, 0.2) is 0 Å². The van der Waals surface area contributed by atoms with Gasteiger partial charge in [-0.15, -0.1) is 0 Å². The third-order valence-electron chi connectivity index (χ3n) is 2.76. The average Bonchev–Trinajstić information content (AvgIpc) is 2.18. The summed E-state index contributed by atoms with van der Waals surface area (Å²) in [4.78, 5) is 15.7. The number of nitrogens with zero attached hydrogens (tertiary/aromatic N) is 2. The first-order valence-corrected chi connectivity index (χ1v) is 5.77. The van der Waals surface area contributed by atoms with Crippen LogP contribution >= 0.6 is 0 Å². The van der Waals surface area contributed by atoms with E-state index in [9.17, 15) is 4.79 Å². The zero-order valence-corrected chi connectivity index (χ0v) is 10.0. The van der Waals surface area contributed by atoms with Crippen molar-refractivity contribution in [3.63, 3.8) is 0 Å². The summed E-state index contributed by atoms with van der Waals surface area (Å²) >= 11 is 0. The number of rotatable bonds is 3. The minimum absolute atomic E-state index is 0.0437. The van der Waals surface area contributed by atoms with Crippen LogP contribution in [0.15, 0.2) is 0 Å². The Labute approximate surface area is 92.2 Å². The third-order valence-corrected chi connectivity index (χ3v) is 2.76.